The second-order valence-corrected chi connectivity index (χ2v) is 11.3. The van der Waals surface area contributed by atoms with Crippen molar-refractivity contribution >= 4 is 16.5 Å². The van der Waals surface area contributed by atoms with E-state index in [0.29, 0.717) is 12.0 Å². The van der Waals surface area contributed by atoms with E-state index in [0.717, 1.165) is 46.9 Å². The van der Waals surface area contributed by atoms with Gasteiger partial charge in [0.15, 0.2) is 11.6 Å². The molecule has 5 heteroatoms. The van der Waals surface area contributed by atoms with Crippen molar-refractivity contribution in [2.24, 2.45) is 11.8 Å². The van der Waals surface area contributed by atoms with Gasteiger partial charge in [-0.25, -0.2) is 0 Å². The van der Waals surface area contributed by atoms with Crippen molar-refractivity contribution in [3.8, 4) is 17.2 Å². The first-order valence-electron chi connectivity index (χ1n) is 14.2. The number of aromatic nitrogens is 5. The van der Waals surface area contributed by atoms with Crippen LogP contribution in [0.3, 0.4) is 0 Å². The van der Waals surface area contributed by atoms with E-state index in [4.69, 9.17) is 0 Å². The molecule has 3 aliphatic rings. The first-order chi connectivity index (χ1) is 19.3. The highest BCUT2D eigenvalue weighted by Gasteiger charge is 2.47. The Bertz CT molecular complexity index is 1740. The summed E-state index contributed by atoms with van der Waals surface area (Å²) in [6.45, 7) is 2.46. The number of hydrogen-bond donors (Lipinski definition) is 0. The van der Waals surface area contributed by atoms with Crippen LogP contribution in [0.5, 0.6) is 0 Å². The fourth-order valence-corrected chi connectivity index (χ4v) is 7.04. The third-order valence-corrected chi connectivity index (χ3v) is 9.07. The summed E-state index contributed by atoms with van der Waals surface area (Å²) in [7, 11) is 0. The van der Waals surface area contributed by atoms with E-state index in [1.165, 1.54) is 30.2 Å². The predicted molar refractivity (Wildman–Crippen MR) is 156 cm³/mol. The van der Waals surface area contributed by atoms with Gasteiger partial charge < -0.3 is 4.57 Å². The topological polar surface area (TPSA) is 48.5 Å². The highest BCUT2D eigenvalue weighted by molar-refractivity contribution is 5.87. The van der Waals surface area contributed by atoms with Gasteiger partial charge in [0.2, 0.25) is 0 Å². The van der Waals surface area contributed by atoms with Crippen molar-refractivity contribution in [3.05, 3.63) is 114 Å². The Morgan fingerprint density at radius 1 is 0.872 bits per heavy atom. The second kappa shape index (κ2) is 8.91. The number of aryl methyl sites for hydroxylation is 1. The zero-order valence-corrected chi connectivity index (χ0v) is 22.1. The Morgan fingerprint density at radius 2 is 1.69 bits per heavy atom. The molecular formula is C34H31N5. The van der Waals surface area contributed by atoms with Crippen LogP contribution >= 0.6 is 0 Å². The second-order valence-electron chi connectivity index (χ2n) is 11.3. The summed E-state index contributed by atoms with van der Waals surface area (Å²) in [5, 5.41) is 10.8. The Hall–Kier alpha value is -4.25. The van der Waals surface area contributed by atoms with Gasteiger partial charge in [-0.15, -0.1) is 10.2 Å². The largest absolute Gasteiger partial charge is 0.337 e. The lowest BCUT2D eigenvalue weighted by Gasteiger charge is -2.23. The van der Waals surface area contributed by atoms with Gasteiger partial charge in [0.1, 0.15) is 5.69 Å². The third kappa shape index (κ3) is 3.63. The number of hydrogen-bond acceptors (Lipinski definition) is 3. The van der Waals surface area contributed by atoms with Gasteiger partial charge in [0.05, 0.1) is 6.04 Å². The van der Waals surface area contributed by atoms with Crippen LogP contribution in [0.15, 0.2) is 97.2 Å². The smallest absolute Gasteiger partial charge is 0.187 e. The molecule has 5 aromatic rings. The van der Waals surface area contributed by atoms with Gasteiger partial charge in [-0.05, 0) is 73.4 Å². The number of benzene rings is 2. The molecule has 0 spiro atoms. The van der Waals surface area contributed by atoms with Gasteiger partial charge in [0.25, 0.3) is 0 Å². The number of fused-ring (bicyclic) bond motifs is 5. The average Bonchev–Trinajstić information content (AvgIpc) is 3.59. The Balaban J connectivity index is 1.20. The number of rotatable bonds is 4. The maximum Gasteiger partial charge on any atom is 0.187 e. The van der Waals surface area contributed by atoms with Crippen LogP contribution in [0.1, 0.15) is 55.2 Å². The maximum absolute atomic E-state index is 4.69. The van der Waals surface area contributed by atoms with Crippen molar-refractivity contribution in [1.29, 1.82) is 0 Å². The molecule has 3 aliphatic carbocycles. The van der Waals surface area contributed by atoms with E-state index in [2.05, 4.69) is 98.0 Å². The Labute approximate surface area is 228 Å². The third-order valence-electron chi connectivity index (χ3n) is 9.07. The lowest BCUT2D eigenvalue weighted by atomic mass is 9.99. The fourth-order valence-electron chi connectivity index (χ4n) is 7.04. The summed E-state index contributed by atoms with van der Waals surface area (Å²) in [4.78, 5) is 4.57. The summed E-state index contributed by atoms with van der Waals surface area (Å²) in [6.07, 6.45) is 13.6. The molecule has 5 nitrogen and oxygen atoms in total. The van der Waals surface area contributed by atoms with Gasteiger partial charge in [-0.3, -0.25) is 9.55 Å². The molecular weight excluding hydrogens is 478 g/mol. The SMILES string of the molecule is CC1CCc2c(n(C3C=CC(c4nnc(-c5ccccn5)n4-c4ccccc4)=CC3)c3ccccc23)C2CC12. The van der Waals surface area contributed by atoms with E-state index in [-0.39, 0.29) is 0 Å². The highest BCUT2D eigenvalue weighted by Crippen LogP contribution is 2.58. The molecule has 3 heterocycles. The Kier molecular flexibility index (Phi) is 5.19. The van der Waals surface area contributed by atoms with Crippen molar-refractivity contribution in [2.45, 2.75) is 44.6 Å². The lowest BCUT2D eigenvalue weighted by molar-refractivity contribution is 0.470. The minimum absolute atomic E-state index is 0.306. The minimum Gasteiger partial charge on any atom is -0.337 e. The van der Waals surface area contributed by atoms with Crippen LogP contribution in [0.25, 0.3) is 33.7 Å². The van der Waals surface area contributed by atoms with E-state index in [1.54, 1.807) is 17.5 Å². The Morgan fingerprint density at radius 3 is 2.51 bits per heavy atom. The number of nitrogens with zero attached hydrogens (tertiary/aromatic N) is 5. The number of pyridine rings is 1. The molecule has 1 saturated carbocycles. The quantitative estimate of drug-likeness (QED) is 0.251. The van der Waals surface area contributed by atoms with Gasteiger partial charge in [-0.1, -0.05) is 67.6 Å². The molecule has 192 valence electrons. The van der Waals surface area contributed by atoms with Crippen molar-refractivity contribution in [3.63, 3.8) is 0 Å². The highest BCUT2D eigenvalue weighted by atomic mass is 15.3. The van der Waals surface area contributed by atoms with E-state index < -0.39 is 0 Å². The van der Waals surface area contributed by atoms with Crippen LogP contribution in [0, 0.1) is 11.8 Å². The predicted octanol–water partition coefficient (Wildman–Crippen LogP) is 7.55. The van der Waals surface area contributed by atoms with Crippen LogP contribution in [-0.4, -0.2) is 24.3 Å². The van der Waals surface area contributed by atoms with Crippen LogP contribution < -0.4 is 0 Å². The summed E-state index contributed by atoms with van der Waals surface area (Å²) < 4.78 is 4.81. The molecule has 0 aliphatic heterocycles. The monoisotopic (exact) mass is 509 g/mol. The van der Waals surface area contributed by atoms with Gasteiger partial charge >= 0.3 is 0 Å². The molecule has 4 atom stereocenters. The maximum atomic E-state index is 4.69. The molecule has 0 saturated heterocycles. The van der Waals surface area contributed by atoms with E-state index in [9.17, 15) is 0 Å². The summed E-state index contributed by atoms with van der Waals surface area (Å²) in [5.74, 6) is 3.99. The molecule has 0 bridgehead atoms. The molecule has 0 amide bonds. The first kappa shape index (κ1) is 22.7. The zero-order valence-electron chi connectivity index (χ0n) is 22.1. The van der Waals surface area contributed by atoms with Crippen LogP contribution in [-0.2, 0) is 6.42 Å². The molecule has 0 N–H and O–H groups in total. The molecule has 0 radical (unpaired) electrons. The summed E-state index contributed by atoms with van der Waals surface area (Å²) in [6, 6.07) is 25.6. The normalized spacial score (nSPS) is 23.7. The van der Waals surface area contributed by atoms with Crippen LogP contribution in [0.4, 0.5) is 0 Å². The van der Waals surface area contributed by atoms with E-state index in [1.807, 2.05) is 24.3 Å². The standard InChI is InChI=1S/C34H31N5/c1-22-14-19-27-26-11-5-6-13-31(26)38(32(27)29-21-28(22)29)25-17-15-23(16-18-25)33-36-37-34(30-12-7-8-20-35-30)39(33)24-9-3-2-4-10-24/h2-13,15-17,20,22,25,28-29H,14,18-19,21H2,1H3. The number of para-hydroxylation sites is 2. The zero-order chi connectivity index (χ0) is 25.9. The minimum atomic E-state index is 0.306. The molecule has 8 rings (SSSR count). The van der Waals surface area contributed by atoms with Gasteiger partial charge in [0, 0.05) is 40.0 Å². The van der Waals surface area contributed by atoms with Crippen molar-refractivity contribution in [1.82, 2.24) is 24.3 Å². The molecule has 1 fully saturated rings. The molecule has 39 heavy (non-hydrogen) atoms. The lowest BCUT2D eigenvalue weighted by Crippen LogP contribution is -2.12. The number of allylic oxidation sites excluding steroid dienone is 4. The summed E-state index contributed by atoms with van der Waals surface area (Å²) in [5.41, 5.74) is 7.55. The van der Waals surface area contributed by atoms with E-state index >= 15 is 0 Å². The first-order valence-corrected chi connectivity index (χ1v) is 14.2. The molecule has 4 unspecified atom stereocenters. The van der Waals surface area contributed by atoms with Gasteiger partial charge in [-0.2, -0.15) is 0 Å². The molecule has 3 aromatic heterocycles. The average molecular weight is 510 g/mol. The van der Waals surface area contributed by atoms with Crippen molar-refractivity contribution in [2.75, 3.05) is 0 Å². The fraction of sp³-hybridized carbons (Fsp3) is 0.265. The van der Waals surface area contributed by atoms with Crippen molar-refractivity contribution < 1.29 is 0 Å². The summed E-state index contributed by atoms with van der Waals surface area (Å²) >= 11 is 0. The van der Waals surface area contributed by atoms with Crippen LogP contribution in [0.2, 0.25) is 0 Å². The molecule has 2 aromatic carbocycles.